The van der Waals surface area contributed by atoms with Crippen molar-refractivity contribution in [2.45, 2.75) is 59.0 Å². The summed E-state index contributed by atoms with van der Waals surface area (Å²) in [5.74, 6) is 0. The van der Waals surface area contributed by atoms with E-state index in [0.29, 0.717) is 0 Å². The molecule has 0 amide bonds. The van der Waals surface area contributed by atoms with Crippen LogP contribution in [0.2, 0.25) is 0 Å². The molecule has 1 nitrogen and oxygen atoms in total. The molecule has 0 aliphatic rings. The molecule has 0 atom stereocenters. The highest BCUT2D eigenvalue weighted by molar-refractivity contribution is 4.76. The molecule has 0 heterocycles. The zero-order chi connectivity index (χ0) is 8.74. The van der Waals surface area contributed by atoms with Crippen LogP contribution in [0, 0.1) is 0 Å². The van der Waals surface area contributed by atoms with Crippen LogP contribution in [0.25, 0.3) is 0 Å². The van der Waals surface area contributed by atoms with E-state index < -0.39 is 0 Å². The Morgan fingerprint density at radius 1 is 1.00 bits per heavy atom. The Labute approximate surface area is 71.1 Å². The van der Waals surface area contributed by atoms with Gasteiger partial charge in [-0.1, -0.05) is 27.2 Å². The predicted octanol–water partition coefficient (Wildman–Crippen LogP) is 3.38. The standard InChI is InChI=1S/C10H22O/c1-5-9-10(6-2,7-3)11-8-4/h5-9H2,1-4H3. The van der Waals surface area contributed by atoms with E-state index in [1.165, 1.54) is 12.8 Å². The first-order valence-electron chi connectivity index (χ1n) is 4.88. The Balaban J connectivity index is 3.96. The molecule has 0 aliphatic heterocycles. The van der Waals surface area contributed by atoms with E-state index in [1.54, 1.807) is 0 Å². The van der Waals surface area contributed by atoms with Crippen molar-refractivity contribution in [1.82, 2.24) is 0 Å². The lowest BCUT2D eigenvalue weighted by Crippen LogP contribution is -2.30. The highest BCUT2D eigenvalue weighted by Gasteiger charge is 2.24. The van der Waals surface area contributed by atoms with Crippen LogP contribution in [0.5, 0.6) is 0 Å². The van der Waals surface area contributed by atoms with E-state index in [4.69, 9.17) is 4.74 Å². The SMILES string of the molecule is CCCC(CC)(CC)OCC. The van der Waals surface area contributed by atoms with E-state index in [2.05, 4.69) is 27.7 Å². The third-order valence-corrected chi connectivity index (χ3v) is 2.44. The van der Waals surface area contributed by atoms with E-state index in [9.17, 15) is 0 Å². The van der Waals surface area contributed by atoms with Crippen LogP contribution in [0.15, 0.2) is 0 Å². The second-order valence-electron chi connectivity index (χ2n) is 3.07. The molecular weight excluding hydrogens is 136 g/mol. The van der Waals surface area contributed by atoms with Gasteiger partial charge in [-0.05, 0) is 26.2 Å². The lowest BCUT2D eigenvalue weighted by molar-refractivity contribution is -0.0515. The van der Waals surface area contributed by atoms with Gasteiger partial charge >= 0.3 is 0 Å². The van der Waals surface area contributed by atoms with E-state index >= 15 is 0 Å². The van der Waals surface area contributed by atoms with Gasteiger partial charge in [-0.25, -0.2) is 0 Å². The maximum absolute atomic E-state index is 5.77. The molecule has 0 saturated heterocycles. The summed E-state index contributed by atoms with van der Waals surface area (Å²) in [7, 11) is 0. The molecule has 0 spiro atoms. The Kier molecular flexibility index (Phi) is 5.57. The zero-order valence-corrected chi connectivity index (χ0v) is 8.44. The van der Waals surface area contributed by atoms with Crippen molar-refractivity contribution < 1.29 is 4.74 Å². The quantitative estimate of drug-likeness (QED) is 0.576. The predicted molar refractivity (Wildman–Crippen MR) is 49.8 cm³/mol. The summed E-state index contributed by atoms with van der Waals surface area (Å²) in [4.78, 5) is 0. The molecule has 0 aliphatic carbocycles. The van der Waals surface area contributed by atoms with Gasteiger partial charge in [-0.3, -0.25) is 0 Å². The Hall–Kier alpha value is -0.0400. The van der Waals surface area contributed by atoms with Crippen LogP contribution in [0.1, 0.15) is 53.4 Å². The zero-order valence-electron chi connectivity index (χ0n) is 8.44. The van der Waals surface area contributed by atoms with Crippen molar-refractivity contribution in [3.8, 4) is 0 Å². The summed E-state index contributed by atoms with van der Waals surface area (Å²) < 4.78 is 5.77. The Bertz CT molecular complexity index is 76.9. The van der Waals surface area contributed by atoms with Gasteiger partial charge in [0.25, 0.3) is 0 Å². The molecule has 11 heavy (non-hydrogen) atoms. The van der Waals surface area contributed by atoms with Crippen molar-refractivity contribution >= 4 is 0 Å². The van der Waals surface area contributed by atoms with Crippen LogP contribution in [-0.2, 0) is 4.74 Å². The van der Waals surface area contributed by atoms with Gasteiger partial charge in [-0.15, -0.1) is 0 Å². The first kappa shape index (κ1) is 11.0. The molecular formula is C10H22O. The van der Waals surface area contributed by atoms with Gasteiger partial charge in [0.2, 0.25) is 0 Å². The molecule has 0 radical (unpaired) electrons. The first-order chi connectivity index (χ1) is 5.24. The van der Waals surface area contributed by atoms with Gasteiger partial charge in [0, 0.05) is 6.61 Å². The van der Waals surface area contributed by atoms with E-state index in [1.807, 2.05) is 0 Å². The number of rotatable bonds is 6. The fourth-order valence-corrected chi connectivity index (χ4v) is 1.64. The fourth-order valence-electron chi connectivity index (χ4n) is 1.64. The van der Waals surface area contributed by atoms with Crippen LogP contribution >= 0.6 is 0 Å². The van der Waals surface area contributed by atoms with Crippen molar-refractivity contribution in [2.24, 2.45) is 0 Å². The molecule has 0 N–H and O–H groups in total. The fraction of sp³-hybridized carbons (Fsp3) is 1.00. The molecule has 0 aromatic carbocycles. The summed E-state index contributed by atoms with van der Waals surface area (Å²) >= 11 is 0. The average Bonchev–Trinajstić information content (AvgIpc) is 2.04. The highest BCUT2D eigenvalue weighted by Crippen LogP contribution is 2.25. The molecule has 0 aromatic rings. The van der Waals surface area contributed by atoms with Crippen molar-refractivity contribution in [2.75, 3.05) is 6.61 Å². The second kappa shape index (κ2) is 5.59. The number of ether oxygens (including phenoxy) is 1. The van der Waals surface area contributed by atoms with Crippen LogP contribution in [0.3, 0.4) is 0 Å². The molecule has 0 saturated carbocycles. The van der Waals surface area contributed by atoms with Crippen molar-refractivity contribution in [3.05, 3.63) is 0 Å². The summed E-state index contributed by atoms with van der Waals surface area (Å²) in [5.41, 5.74) is 0.184. The summed E-state index contributed by atoms with van der Waals surface area (Å²) in [6.07, 6.45) is 4.71. The van der Waals surface area contributed by atoms with Gasteiger partial charge in [0.1, 0.15) is 0 Å². The largest absolute Gasteiger partial charge is 0.375 e. The minimum atomic E-state index is 0.184. The summed E-state index contributed by atoms with van der Waals surface area (Å²) in [6.45, 7) is 9.58. The maximum atomic E-state index is 5.77. The maximum Gasteiger partial charge on any atom is 0.0677 e. The van der Waals surface area contributed by atoms with Gasteiger partial charge in [0.15, 0.2) is 0 Å². The highest BCUT2D eigenvalue weighted by atomic mass is 16.5. The molecule has 68 valence electrons. The Morgan fingerprint density at radius 3 is 1.82 bits per heavy atom. The minimum absolute atomic E-state index is 0.184. The smallest absolute Gasteiger partial charge is 0.0677 e. The lowest BCUT2D eigenvalue weighted by Gasteiger charge is -2.31. The third-order valence-electron chi connectivity index (χ3n) is 2.44. The molecule has 1 heteroatoms. The van der Waals surface area contributed by atoms with Crippen molar-refractivity contribution in [3.63, 3.8) is 0 Å². The number of hydrogen-bond donors (Lipinski definition) is 0. The van der Waals surface area contributed by atoms with Gasteiger partial charge in [-0.2, -0.15) is 0 Å². The normalized spacial score (nSPS) is 12.0. The summed E-state index contributed by atoms with van der Waals surface area (Å²) in [6, 6.07) is 0. The van der Waals surface area contributed by atoms with Crippen molar-refractivity contribution in [1.29, 1.82) is 0 Å². The van der Waals surface area contributed by atoms with Crippen LogP contribution < -0.4 is 0 Å². The molecule has 0 unspecified atom stereocenters. The molecule has 0 fully saturated rings. The third kappa shape index (κ3) is 3.24. The van der Waals surface area contributed by atoms with E-state index in [-0.39, 0.29) is 5.60 Å². The Morgan fingerprint density at radius 2 is 1.55 bits per heavy atom. The van der Waals surface area contributed by atoms with E-state index in [0.717, 1.165) is 19.4 Å². The monoisotopic (exact) mass is 158 g/mol. The number of hydrogen-bond acceptors (Lipinski definition) is 1. The van der Waals surface area contributed by atoms with Crippen LogP contribution in [-0.4, -0.2) is 12.2 Å². The second-order valence-corrected chi connectivity index (χ2v) is 3.07. The molecule has 0 rings (SSSR count). The first-order valence-corrected chi connectivity index (χ1v) is 4.88. The summed E-state index contributed by atoms with van der Waals surface area (Å²) in [5, 5.41) is 0. The molecule has 0 aromatic heterocycles. The average molecular weight is 158 g/mol. The minimum Gasteiger partial charge on any atom is -0.375 e. The van der Waals surface area contributed by atoms with Gasteiger partial charge < -0.3 is 4.74 Å². The van der Waals surface area contributed by atoms with Crippen LogP contribution in [0.4, 0.5) is 0 Å². The van der Waals surface area contributed by atoms with Gasteiger partial charge in [0.05, 0.1) is 5.60 Å². The lowest BCUT2D eigenvalue weighted by atomic mass is 9.92. The molecule has 0 bridgehead atoms. The topological polar surface area (TPSA) is 9.23 Å².